The summed E-state index contributed by atoms with van der Waals surface area (Å²) in [5.41, 5.74) is 0. The summed E-state index contributed by atoms with van der Waals surface area (Å²) in [6.07, 6.45) is 11.0. The van der Waals surface area contributed by atoms with Gasteiger partial charge in [-0.25, -0.2) is 0 Å². The molecule has 1 unspecified atom stereocenters. The van der Waals surface area contributed by atoms with Gasteiger partial charge in [-0.05, 0) is 32.6 Å². The summed E-state index contributed by atoms with van der Waals surface area (Å²) < 4.78 is 10.4. The molecule has 0 heterocycles. The van der Waals surface area contributed by atoms with Crippen molar-refractivity contribution in [2.45, 2.75) is 116 Å². The van der Waals surface area contributed by atoms with Crippen molar-refractivity contribution in [1.82, 2.24) is 0 Å². The van der Waals surface area contributed by atoms with Crippen LogP contribution in [0.4, 0.5) is 0 Å². The predicted molar refractivity (Wildman–Crippen MR) is 116 cm³/mol. The second kappa shape index (κ2) is 19.8. The van der Waals surface area contributed by atoms with E-state index in [1.807, 2.05) is 0 Å². The fraction of sp³-hybridized carbons (Fsp3) is 0.826. The maximum absolute atomic E-state index is 11.8. The van der Waals surface area contributed by atoms with Crippen LogP contribution in [-0.2, 0) is 28.7 Å². The van der Waals surface area contributed by atoms with E-state index in [4.69, 9.17) is 19.7 Å². The molecule has 31 heavy (non-hydrogen) atoms. The Morgan fingerprint density at radius 1 is 0.581 bits per heavy atom. The van der Waals surface area contributed by atoms with Crippen molar-refractivity contribution in [2.75, 3.05) is 6.61 Å². The van der Waals surface area contributed by atoms with Crippen LogP contribution in [0.3, 0.4) is 0 Å². The molecule has 0 aromatic rings. The first-order valence-corrected chi connectivity index (χ1v) is 11.6. The normalized spacial score (nSPS) is 11.6. The van der Waals surface area contributed by atoms with Gasteiger partial charge in [-0.3, -0.25) is 19.2 Å². The smallest absolute Gasteiger partial charge is 0.306 e. The second-order valence-electron chi connectivity index (χ2n) is 8.01. The lowest BCUT2D eigenvalue weighted by Gasteiger charge is -2.13. The zero-order chi connectivity index (χ0) is 23.3. The molecule has 0 saturated heterocycles. The molecule has 8 heteroatoms. The van der Waals surface area contributed by atoms with Crippen molar-refractivity contribution in [1.29, 1.82) is 0 Å². The summed E-state index contributed by atoms with van der Waals surface area (Å²) in [6.45, 7) is 1.76. The lowest BCUT2D eigenvalue weighted by Crippen LogP contribution is -2.22. The van der Waals surface area contributed by atoms with Crippen LogP contribution in [0, 0.1) is 0 Å². The van der Waals surface area contributed by atoms with Crippen LogP contribution in [0.25, 0.3) is 0 Å². The number of esters is 2. The molecule has 0 saturated carbocycles. The third-order valence-corrected chi connectivity index (χ3v) is 4.85. The topological polar surface area (TPSA) is 127 Å². The van der Waals surface area contributed by atoms with Gasteiger partial charge in [-0.1, -0.05) is 51.4 Å². The van der Waals surface area contributed by atoms with Gasteiger partial charge in [-0.2, -0.15) is 0 Å². The molecule has 0 bridgehead atoms. The van der Waals surface area contributed by atoms with Crippen LogP contribution in [0.1, 0.15) is 110 Å². The highest BCUT2D eigenvalue weighted by molar-refractivity contribution is 5.70. The number of unbranched alkanes of at least 4 members (excludes halogenated alkanes) is 10. The van der Waals surface area contributed by atoms with E-state index >= 15 is 0 Å². The first-order valence-electron chi connectivity index (χ1n) is 11.6. The molecule has 0 rings (SSSR count). The Morgan fingerprint density at radius 2 is 0.935 bits per heavy atom. The second-order valence-corrected chi connectivity index (χ2v) is 8.01. The lowest BCUT2D eigenvalue weighted by atomic mass is 10.1. The Hall–Kier alpha value is -2.12. The standard InChI is InChI=1S/C23H40O8/c1-19(31-23(29)17-13-9-5-3-7-11-15-21(26)27)18-30-22(28)16-12-8-4-2-6-10-14-20(24)25/h19H,2-18H2,1H3,(H,24,25)(H,26,27). The van der Waals surface area contributed by atoms with E-state index in [0.717, 1.165) is 64.2 Å². The zero-order valence-corrected chi connectivity index (χ0v) is 18.9. The molecule has 0 spiro atoms. The van der Waals surface area contributed by atoms with E-state index in [1.165, 1.54) is 0 Å². The minimum Gasteiger partial charge on any atom is -0.481 e. The number of hydrogen-bond acceptors (Lipinski definition) is 6. The van der Waals surface area contributed by atoms with Crippen LogP contribution < -0.4 is 0 Å². The molecule has 1 atom stereocenters. The van der Waals surface area contributed by atoms with Gasteiger partial charge in [0, 0.05) is 25.7 Å². The number of aliphatic carboxylic acids is 2. The summed E-state index contributed by atoms with van der Waals surface area (Å²) in [4.78, 5) is 44.3. The fourth-order valence-electron chi connectivity index (χ4n) is 3.11. The van der Waals surface area contributed by atoms with Crippen LogP contribution in [0.5, 0.6) is 0 Å². The van der Waals surface area contributed by atoms with Gasteiger partial charge < -0.3 is 19.7 Å². The molecular weight excluding hydrogens is 404 g/mol. The number of ether oxygens (including phenoxy) is 2. The van der Waals surface area contributed by atoms with Crippen molar-refractivity contribution in [3.8, 4) is 0 Å². The van der Waals surface area contributed by atoms with E-state index in [9.17, 15) is 19.2 Å². The van der Waals surface area contributed by atoms with Crippen LogP contribution in [-0.4, -0.2) is 46.8 Å². The Kier molecular flexibility index (Phi) is 18.5. The summed E-state index contributed by atoms with van der Waals surface area (Å²) in [6, 6.07) is 0. The number of carbonyl (C=O) groups is 4. The molecule has 8 nitrogen and oxygen atoms in total. The molecule has 180 valence electrons. The Labute approximate surface area is 185 Å². The minimum atomic E-state index is -0.760. The molecule has 2 N–H and O–H groups in total. The molecule has 0 radical (unpaired) electrons. The van der Waals surface area contributed by atoms with E-state index in [2.05, 4.69) is 0 Å². The van der Waals surface area contributed by atoms with Gasteiger partial charge in [0.05, 0.1) is 0 Å². The van der Waals surface area contributed by atoms with E-state index < -0.39 is 18.0 Å². The molecule has 0 fully saturated rings. The first kappa shape index (κ1) is 28.9. The monoisotopic (exact) mass is 444 g/mol. The molecule has 0 aliphatic heterocycles. The third-order valence-electron chi connectivity index (χ3n) is 4.85. The predicted octanol–water partition coefficient (Wildman–Crippen LogP) is 4.87. The molecular formula is C23H40O8. The highest BCUT2D eigenvalue weighted by atomic mass is 16.6. The van der Waals surface area contributed by atoms with Crippen LogP contribution >= 0.6 is 0 Å². The number of hydrogen-bond donors (Lipinski definition) is 2. The third kappa shape index (κ3) is 22.4. The number of rotatable bonds is 21. The average Bonchev–Trinajstić information content (AvgIpc) is 2.69. The van der Waals surface area contributed by atoms with Crippen molar-refractivity contribution in [2.24, 2.45) is 0 Å². The molecule has 0 amide bonds. The summed E-state index contributed by atoms with van der Waals surface area (Å²) >= 11 is 0. The van der Waals surface area contributed by atoms with Gasteiger partial charge >= 0.3 is 23.9 Å². The zero-order valence-electron chi connectivity index (χ0n) is 18.9. The average molecular weight is 445 g/mol. The summed E-state index contributed by atoms with van der Waals surface area (Å²) in [5, 5.41) is 17.1. The summed E-state index contributed by atoms with van der Waals surface area (Å²) in [5.74, 6) is -2.11. The molecule has 0 aromatic carbocycles. The number of carbonyl (C=O) groups excluding carboxylic acids is 2. The van der Waals surface area contributed by atoms with Crippen molar-refractivity contribution in [3.63, 3.8) is 0 Å². The van der Waals surface area contributed by atoms with Crippen LogP contribution in [0.15, 0.2) is 0 Å². The Bertz CT molecular complexity index is 518. The van der Waals surface area contributed by atoms with Gasteiger partial charge in [0.25, 0.3) is 0 Å². The lowest BCUT2D eigenvalue weighted by molar-refractivity contribution is -0.158. The summed E-state index contributed by atoms with van der Waals surface area (Å²) in [7, 11) is 0. The fourth-order valence-corrected chi connectivity index (χ4v) is 3.11. The van der Waals surface area contributed by atoms with Gasteiger partial charge in [0.1, 0.15) is 12.7 Å². The Balaban J connectivity index is 3.52. The number of carboxylic acids is 2. The quantitative estimate of drug-likeness (QED) is 0.189. The molecule has 0 aliphatic carbocycles. The van der Waals surface area contributed by atoms with Crippen LogP contribution in [0.2, 0.25) is 0 Å². The van der Waals surface area contributed by atoms with E-state index in [-0.39, 0.29) is 31.4 Å². The van der Waals surface area contributed by atoms with Crippen molar-refractivity contribution < 1.29 is 38.9 Å². The SMILES string of the molecule is CC(COC(=O)CCCCCCCCC(=O)O)OC(=O)CCCCCCCCC(=O)O. The van der Waals surface area contributed by atoms with Gasteiger partial charge in [0.15, 0.2) is 0 Å². The van der Waals surface area contributed by atoms with E-state index in [0.29, 0.717) is 25.7 Å². The highest BCUT2D eigenvalue weighted by Crippen LogP contribution is 2.11. The van der Waals surface area contributed by atoms with Crippen molar-refractivity contribution in [3.05, 3.63) is 0 Å². The maximum Gasteiger partial charge on any atom is 0.306 e. The molecule has 0 aromatic heterocycles. The van der Waals surface area contributed by atoms with Crippen molar-refractivity contribution >= 4 is 23.9 Å². The Morgan fingerprint density at radius 3 is 1.35 bits per heavy atom. The maximum atomic E-state index is 11.8. The van der Waals surface area contributed by atoms with E-state index in [1.54, 1.807) is 6.92 Å². The molecule has 0 aliphatic rings. The van der Waals surface area contributed by atoms with Gasteiger partial charge in [0.2, 0.25) is 0 Å². The first-order chi connectivity index (χ1) is 14.8. The largest absolute Gasteiger partial charge is 0.481 e. The van der Waals surface area contributed by atoms with Gasteiger partial charge in [-0.15, -0.1) is 0 Å². The number of carboxylic acid groups (broad SMARTS) is 2. The highest BCUT2D eigenvalue weighted by Gasteiger charge is 2.12. The minimum absolute atomic E-state index is 0.0589.